The minimum Gasteiger partial charge on any atom is -0.459 e. The van der Waals surface area contributed by atoms with E-state index >= 15 is 0 Å². The smallest absolute Gasteiger partial charge is 0.322 e. The first-order valence-electron chi connectivity index (χ1n) is 7.32. The number of carbonyl (C=O) groups is 1. The van der Waals surface area contributed by atoms with Crippen molar-refractivity contribution in [1.29, 1.82) is 0 Å². The van der Waals surface area contributed by atoms with E-state index in [1.54, 1.807) is 36.2 Å². The number of carbonyl (C=O) groups excluding carboxylic acids is 1. The summed E-state index contributed by atoms with van der Waals surface area (Å²) in [6, 6.07) is 16.4. The number of fused-ring (bicyclic) bond motifs is 1. The molecule has 1 unspecified atom stereocenters. The molecular weight excluding hydrogens is 312 g/mol. The summed E-state index contributed by atoms with van der Waals surface area (Å²) in [7, 11) is 1.73. The van der Waals surface area contributed by atoms with E-state index in [-0.39, 0.29) is 12.1 Å². The van der Waals surface area contributed by atoms with Gasteiger partial charge in [0.2, 0.25) is 0 Å². The third kappa shape index (κ3) is 3.32. The molecule has 2 amide bonds. The predicted molar refractivity (Wildman–Crippen MR) is 92.9 cm³/mol. The molecule has 1 atom stereocenters. The SMILES string of the molecule is CC(c1cc2ccccc2o1)N(C)C(=O)Nc1cccc(Cl)c1. The number of nitrogens with one attached hydrogen (secondary N) is 1. The molecule has 5 heteroatoms. The van der Waals surface area contributed by atoms with Crippen LogP contribution in [0.5, 0.6) is 0 Å². The van der Waals surface area contributed by atoms with Crippen LogP contribution in [-0.2, 0) is 0 Å². The molecule has 4 nitrogen and oxygen atoms in total. The Bertz CT molecular complexity index is 811. The molecule has 0 bridgehead atoms. The number of nitrogens with zero attached hydrogens (tertiary/aromatic N) is 1. The molecule has 0 fully saturated rings. The molecule has 0 aliphatic heterocycles. The van der Waals surface area contributed by atoms with Crippen LogP contribution in [0, 0.1) is 0 Å². The number of hydrogen-bond acceptors (Lipinski definition) is 2. The zero-order valence-electron chi connectivity index (χ0n) is 12.9. The summed E-state index contributed by atoms with van der Waals surface area (Å²) < 4.78 is 5.83. The van der Waals surface area contributed by atoms with Gasteiger partial charge in [-0.25, -0.2) is 4.79 Å². The fraction of sp³-hybridized carbons (Fsp3) is 0.167. The lowest BCUT2D eigenvalue weighted by molar-refractivity contribution is 0.201. The van der Waals surface area contributed by atoms with Crippen molar-refractivity contribution in [2.24, 2.45) is 0 Å². The van der Waals surface area contributed by atoms with Crippen molar-refractivity contribution in [2.75, 3.05) is 12.4 Å². The average molecular weight is 329 g/mol. The molecule has 0 aliphatic rings. The fourth-order valence-corrected chi connectivity index (χ4v) is 2.54. The lowest BCUT2D eigenvalue weighted by Gasteiger charge is -2.23. The average Bonchev–Trinajstić information content (AvgIpc) is 2.97. The van der Waals surface area contributed by atoms with E-state index in [1.807, 2.05) is 37.3 Å². The van der Waals surface area contributed by atoms with E-state index in [1.165, 1.54) is 0 Å². The molecule has 23 heavy (non-hydrogen) atoms. The molecule has 1 N–H and O–H groups in total. The molecular formula is C18H17ClN2O2. The van der Waals surface area contributed by atoms with Crippen LogP contribution in [0.2, 0.25) is 5.02 Å². The molecule has 0 saturated carbocycles. The molecule has 0 radical (unpaired) electrons. The first kappa shape index (κ1) is 15.4. The molecule has 1 aromatic heterocycles. The van der Waals surface area contributed by atoms with Gasteiger partial charge in [0.15, 0.2) is 0 Å². The number of para-hydroxylation sites is 1. The zero-order valence-corrected chi connectivity index (χ0v) is 13.7. The standard InChI is InChI=1S/C18H17ClN2O2/c1-12(17-10-13-6-3-4-9-16(13)23-17)21(2)18(22)20-15-8-5-7-14(19)11-15/h3-12H,1-2H3,(H,20,22). The highest BCUT2D eigenvalue weighted by molar-refractivity contribution is 6.30. The van der Waals surface area contributed by atoms with Gasteiger partial charge < -0.3 is 14.6 Å². The van der Waals surface area contributed by atoms with Crippen molar-refractivity contribution >= 4 is 34.3 Å². The Kier molecular flexibility index (Phi) is 4.26. The Morgan fingerprint density at radius 2 is 1.96 bits per heavy atom. The molecule has 2 aromatic carbocycles. The van der Waals surface area contributed by atoms with Crippen LogP contribution in [0.4, 0.5) is 10.5 Å². The van der Waals surface area contributed by atoms with E-state index in [2.05, 4.69) is 5.32 Å². The summed E-state index contributed by atoms with van der Waals surface area (Å²) in [4.78, 5) is 14.0. The van der Waals surface area contributed by atoms with Crippen molar-refractivity contribution in [3.05, 3.63) is 65.4 Å². The van der Waals surface area contributed by atoms with Crippen LogP contribution in [-0.4, -0.2) is 18.0 Å². The van der Waals surface area contributed by atoms with Crippen molar-refractivity contribution in [3.63, 3.8) is 0 Å². The molecule has 0 spiro atoms. The van der Waals surface area contributed by atoms with Gasteiger partial charge in [-0.15, -0.1) is 0 Å². The third-order valence-electron chi connectivity index (χ3n) is 3.83. The lowest BCUT2D eigenvalue weighted by Crippen LogP contribution is -2.33. The van der Waals surface area contributed by atoms with Gasteiger partial charge in [0.05, 0.1) is 6.04 Å². The second kappa shape index (κ2) is 6.34. The number of urea groups is 1. The number of anilines is 1. The van der Waals surface area contributed by atoms with E-state index in [0.29, 0.717) is 10.7 Å². The minimum atomic E-state index is -0.222. The highest BCUT2D eigenvalue weighted by Gasteiger charge is 2.20. The summed E-state index contributed by atoms with van der Waals surface area (Å²) in [5, 5.41) is 4.43. The van der Waals surface area contributed by atoms with Gasteiger partial charge in [-0.05, 0) is 37.3 Å². The molecule has 3 rings (SSSR count). The Hall–Kier alpha value is -2.46. The second-order valence-corrected chi connectivity index (χ2v) is 5.85. The molecule has 0 saturated heterocycles. The van der Waals surface area contributed by atoms with E-state index in [4.69, 9.17) is 16.0 Å². The van der Waals surface area contributed by atoms with Crippen molar-refractivity contribution < 1.29 is 9.21 Å². The van der Waals surface area contributed by atoms with Crippen LogP contribution in [0.3, 0.4) is 0 Å². The summed E-state index contributed by atoms with van der Waals surface area (Å²) in [5.41, 5.74) is 1.48. The van der Waals surface area contributed by atoms with Gasteiger partial charge >= 0.3 is 6.03 Å². The van der Waals surface area contributed by atoms with Crippen LogP contribution in [0.25, 0.3) is 11.0 Å². The van der Waals surface area contributed by atoms with Crippen molar-refractivity contribution in [1.82, 2.24) is 4.90 Å². The van der Waals surface area contributed by atoms with E-state index in [9.17, 15) is 4.79 Å². The monoisotopic (exact) mass is 328 g/mol. The van der Waals surface area contributed by atoms with Crippen molar-refractivity contribution in [3.8, 4) is 0 Å². The molecule has 1 heterocycles. The predicted octanol–water partition coefficient (Wildman–Crippen LogP) is 5.31. The summed E-state index contributed by atoms with van der Waals surface area (Å²) >= 11 is 5.93. The Morgan fingerprint density at radius 1 is 1.17 bits per heavy atom. The van der Waals surface area contributed by atoms with E-state index in [0.717, 1.165) is 16.7 Å². The lowest BCUT2D eigenvalue weighted by atomic mass is 10.2. The van der Waals surface area contributed by atoms with Crippen LogP contribution < -0.4 is 5.32 Å². The highest BCUT2D eigenvalue weighted by Crippen LogP contribution is 2.27. The summed E-state index contributed by atoms with van der Waals surface area (Å²) in [6.07, 6.45) is 0. The first-order chi connectivity index (χ1) is 11.0. The first-order valence-corrected chi connectivity index (χ1v) is 7.70. The maximum Gasteiger partial charge on any atom is 0.322 e. The molecule has 0 aliphatic carbocycles. The van der Waals surface area contributed by atoms with Gasteiger partial charge in [-0.3, -0.25) is 0 Å². The summed E-state index contributed by atoms with van der Waals surface area (Å²) in [6.45, 7) is 1.93. The Balaban J connectivity index is 1.75. The van der Waals surface area contributed by atoms with Gasteiger partial charge in [0.25, 0.3) is 0 Å². The van der Waals surface area contributed by atoms with Gasteiger partial charge in [0, 0.05) is 23.1 Å². The summed E-state index contributed by atoms with van der Waals surface area (Å²) in [5.74, 6) is 0.745. The molecule has 118 valence electrons. The van der Waals surface area contributed by atoms with Gasteiger partial charge in [0.1, 0.15) is 11.3 Å². The number of rotatable bonds is 3. The maximum absolute atomic E-state index is 12.4. The Labute approximate surface area is 139 Å². The quantitative estimate of drug-likeness (QED) is 0.708. The fourth-order valence-electron chi connectivity index (χ4n) is 2.35. The largest absolute Gasteiger partial charge is 0.459 e. The van der Waals surface area contributed by atoms with Crippen molar-refractivity contribution in [2.45, 2.75) is 13.0 Å². The van der Waals surface area contributed by atoms with Crippen LogP contribution in [0.1, 0.15) is 18.7 Å². The molecule has 3 aromatic rings. The van der Waals surface area contributed by atoms with Crippen LogP contribution in [0.15, 0.2) is 59.0 Å². The number of furan rings is 1. The maximum atomic E-state index is 12.4. The minimum absolute atomic E-state index is 0.193. The number of hydrogen-bond donors (Lipinski definition) is 1. The topological polar surface area (TPSA) is 45.5 Å². The highest BCUT2D eigenvalue weighted by atomic mass is 35.5. The Morgan fingerprint density at radius 3 is 2.70 bits per heavy atom. The normalized spacial score (nSPS) is 12.1. The second-order valence-electron chi connectivity index (χ2n) is 5.41. The number of benzene rings is 2. The van der Waals surface area contributed by atoms with Gasteiger partial charge in [-0.2, -0.15) is 0 Å². The number of halogens is 1. The number of amides is 2. The third-order valence-corrected chi connectivity index (χ3v) is 4.07. The van der Waals surface area contributed by atoms with Crippen LogP contribution >= 0.6 is 11.6 Å². The van der Waals surface area contributed by atoms with E-state index < -0.39 is 0 Å². The van der Waals surface area contributed by atoms with Gasteiger partial charge in [-0.1, -0.05) is 35.9 Å². The zero-order chi connectivity index (χ0) is 16.4.